The van der Waals surface area contributed by atoms with Crippen LogP contribution in [0.1, 0.15) is 10.4 Å². The number of hydrogen-bond donors (Lipinski definition) is 2. The van der Waals surface area contributed by atoms with Crippen LogP contribution in [0.2, 0.25) is 5.02 Å². The zero-order valence-corrected chi connectivity index (χ0v) is 13.6. The van der Waals surface area contributed by atoms with Crippen molar-refractivity contribution in [2.45, 2.75) is 11.1 Å². The number of thiocarbonyl (C=S) groups is 1. The molecule has 1 aromatic heterocycles. The van der Waals surface area contributed by atoms with E-state index in [9.17, 15) is 8.42 Å². The van der Waals surface area contributed by atoms with Gasteiger partial charge in [-0.3, -0.25) is 4.72 Å². The van der Waals surface area contributed by atoms with E-state index in [4.69, 9.17) is 29.6 Å². The number of rotatable bonds is 4. The fourth-order valence-electron chi connectivity index (χ4n) is 1.51. The van der Waals surface area contributed by atoms with Gasteiger partial charge in [0, 0.05) is 10.4 Å². The first kappa shape index (κ1) is 15.2. The normalized spacial score (nSPS) is 11.3. The summed E-state index contributed by atoms with van der Waals surface area (Å²) in [5.74, 6) is 0. The van der Waals surface area contributed by atoms with Gasteiger partial charge in [0.1, 0.15) is 9.20 Å². The first-order valence-electron chi connectivity index (χ1n) is 5.48. The molecule has 0 aliphatic carbocycles. The maximum absolute atomic E-state index is 12.2. The maximum Gasteiger partial charge on any atom is 0.271 e. The Kier molecular flexibility index (Phi) is 4.33. The Morgan fingerprint density at radius 2 is 2.05 bits per heavy atom. The highest BCUT2D eigenvalue weighted by atomic mass is 35.5. The molecule has 20 heavy (non-hydrogen) atoms. The Hall–Kier alpha value is -1.15. The van der Waals surface area contributed by atoms with Crippen LogP contribution in [0.4, 0.5) is 5.69 Å². The summed E-state index contributed by atoms with van der Waals surface area (Å²) in [4.78, 5) is 1.09. The van der Waals surface area contributed by atoms with E-state index in [1.165, 1.54) is 17.4 Å². The van der Waals surface area contributed by atoms with Crippen LogP contribution < -0.4 is 10.5 Å². The van der Waals surface area contributed by atoms with Gasteiger partial charge in [0.2, 0.25) is 0 Å². The molecule has 1 aromatic carbocycles. The first-order valence-corrected chi connectivity index (χ1v) is 8.57. The summed E-state index contributed by atoms with van der Waals surface area (Å²) in [5, 5.41) is 0.279. The number of benzene rings is 1. The summed E-state index contributed by atoms with van der Waals surface area (Å²) in [5.41, 5.74) is 6.32. The number of hydrogen-bond acceptors (Lipinski definition) is 4. The van der Waals surface area contributed by atoms with Gasteiger partial charge in [-0.15, -0.1) is 11.3 Å². The van der Waals surface area contributed by atoms with Crippen molar-refractivity contribution in [2.75, 3.05) is 4.72 Å². The van der Waals surface area contributed by atoms with Crippen molar-refractivity contribution >= 4 is 55.9 Å². The van der Waals surface area contributed by atoms with Gasteiger partial charge in [0.15, 0.2) is 0 Å². The molecule has 8 heteroatoms. The van der Waals surface area contributed by atoms with Crippen LogP contribution >= 0.6 is 35.2 Å². The zero-order chi connectivity index (χ0) is 14.9. The van der Waals surface area contributed by atoms with Crippen molar-refractivity contribution in [3.8, 4) is 0 Å². The lowest BCUT2D eigenvalue weighted by Crippen LogP contribution is -2.14. The van der Waals surface area contributed by atoms with Crippen LogP contribution in [-0.2, 0) is 10.0 Å². The van der Waals surface area contributed by atoms with Crippen LogP contribution in [0.25, 0.3) is 0 Å². The molecule has 0 saturated carbocycles. The van der Waals surface area contributed by atoms with Crippen molar-refractivity contribution in [2.24, 2.45) is 5.73 Å². The van der Waals surface area contributed by atoms with Crippen molar-refractivity contribution in [1.29, 1.82) is 0 Å². The monoisotopic (exact) mass is 346 g/mol. The maximum atomic E-state index is 12.2. The molecule has 0 aliphatic heterocycles. The number of thiophene rings is 1. The Morgan fingerprint density at radius 3 is 2.60 bits per heavy atom. The molecule has 2 rings (SSSR count). The van der Waals surface area contributed by atoms with Gasteiger partial charge >= 0.3 is 0 Å². The summed E-state index contributed by atoms with van der Waals surface area (Å²) in [6.07, 6.45) is 0. The number of aryl methyl sites for hydroxylation is 1. The molecule has 0 fully saturated rings. The van der Waals surface area contributed by atoms with Gasteiger partial charge in [0.05, 0.1) is 10.7 Å². The Balaban J connectivity index is 2.39. The molecular formula is C12H11ClN2O2S3. The third-order valence-electron chi connectivity index (χ3n) is 2.48. The van der Waals surface area contributed by atoms with Crippen molar-refractivity contribution in [3.05, 3.63) is 45.8 Å². The Morgan fingerprint density at radius 1 is 1.35 bits per heavy atom. The van der Waals surface area contributed by atoms with E-state index in [0.29, 0.717) is 5.56 Å². The van der Waals surface area contributed by atoms with Crippen molar-refractivity contribution < 1.29 is 8.42 Å². The van der Waals surface area contributed by atoms with E-state index in [0.717, 1.165) is 4.88 Å². The predicted molar refractivity (Wildman–Crippen MR) is 87.2 cm³/mol. The number of halogens is 1. The van der Waals surface area contributed by atoms with E-state index >= 15 is 0 Å². The van der Waals surface area contributed by atoms with E-state index in [2.05, 4.69) is 4.72 Å². The summed E-state index contributed by atoms with van der Waals surface area (Å²) >= 11 is 12.0. The molecule has 4 nitrogen and oxygen atoms in total. The highest BCUT2D eigenvalue weighted by Gasteiger charge is 2.18. The summed E-state index contributed by atoms with van der Waals surface area (Å²) < 4.78 is 27.1. The lowest BCUT2D eigenvalue weighted by Gasteiger charge is -2.09. The predicted octanol–water partition coefficient (Wildman–Crippen LogP) is 3.14. The van der Waals surface area contributed by atoms with Crippen LogP contribution in [0.15, 0.2) is 34.5 Å². The molecule has 3 N–H and O–H groups in total. The minimum atomic E-state index is -3.66. The van der Waals surface area contributed by atoms with E-state index in [-0.39, 0.29) is 19.9 Å². The topological polar surface area (TPSA) is 72.2 Å². The molecule has 0 bridgehead atoms. The minimum absolute atomic E-state index is 0.175. The largest absolute Gasteiger partial charge is 0.389 e. The van der Waals surface area contributed by atoms with Crippen LogP contribution in [0.5, 0.6) is 0 Å². The molecule has 0 amide bonds. The number of sulfonamides is 1. The van der Waals surface area contributed by atoms with Crippen LogP contribution in [0, 0.1) is 6.92 Å². The fourth-order valence-corrected chi connectivity index (χ4v) is 4.21. The van der Waals surface area contributed by atoms with Crippen LogP contribution in [-0.4, -0.2) is 13.4 Å². The van der Waals surface area contributed by atoms with Gasteiger partial charge < -0.3 is 5.73 Å². The van der Waals surface area contributed by atoms with Gasteiger partial charge in [-0.1, -0.05) is 29.9 Å². The van der Waals surface area contributed by atoms with Gasteiger partial charge in [-0.05, 0) is 31.2 Å². The fraction of sp³-hybridized carbons (Fsp3) is 0.0833. The molecule has 1 heterocycles. The average molecular weight is 347 g/mol. The molecular weight excluding hydrogens is 336 g/mol. The third-order valence-corrected chi connectivity index (χ3v) is 5.90. The lowest BCUT2D eigenvalue weighted by atomic mass is 10.2. The molecule has 0 radical (unpaired) electrons. The Labute approximate surface area is 131 Å². The third kappa shape index (κ3) is 3.29. The van der Waals surface area contributed by atoms with E-state index in [1.54, 1.807) is 24.3 Å². The smallest absolute Gasteiger partial charge is 0.271 e. The quantitative estimate of drug-likeness (QED) is 0.834. The highest BCUT2D eigenvalue weighted by molar-refractivity contribution is 7.94. The SMILES string of the molecule is Cc1ccc(S(=O)(=O)Nc2cc(C(N)=S)ccc2Cl)s1. The van der Waals surface area contributed by atoms with Crippen LogP contribution in [0.3, 0.4) is 0 Å². The number of anilines is 1. The second-order valence-electron chi connectivity index (χ2n) is 4.03. The molecule has 0 spiro atoms. The summed E-state index contributed by atoms with van der Waals surface area (Å²) in [6, 6.07) is 7.99. The second-order valence-corrected chi connectivity index (χ2v) is 8.07. The second kappa shape index (κ2) is 5.69. The van der Waals surface area contributed by atoms with Gasteiger partial charge in [-0.2, -0.15) is 0 Å². The van der Waals surface area contributed by atoms with E-state index < -0.39 is 10.0 Å². The molecule has 0 saturated heterocycles. The zero-order valence-electron chi connectivity index (χ0n) is 10.4. The average Bonchev–Trinajstić information content (AvgIpc) is 2.79. The molecule has 106 valence electrons. The lowest BCUT2D eigenvalue weighted by molar-refractivity contribution is 0.603. The van der Waals surface area contributed by atoms with Gasteiger partial charge in [-0.25, -0.2) is 8.42 Å². The number of nitrogens with one attached hydrogen (secondary N) is 1. The highest BCUT2D eigenvalue weighted by Crippen LogP contribution is 2.28. The molecule has 0 aliphatic rings. The van der Waals surface area contributed by atoms with Crippen molar-refractivity contribution in [3.63, 3.8) is 0 Å². The summed E-state index contributed by atoms with van der Waals surface area (Å²) in [6.45, 7) is 1.84. The summed E-state index contributed by atoms with van der Waals surface area (Å²) in [7, 11) is -3.66. The van der Waals surface area contributed by atoms with Crippen molar-refractivity contribution in [1.82, 2.24) is 0 Å². The van der Waals surface area contributed by atoms with E-state index in [1.807, 2.05) is 6.92 Å². The molecule has 0 unspecified atom stereocenters. The Bertz CT molecular complexity index is 769. The molecule has 0 atom stereocenters. The first-order chi connectivity index (χ1) is 9.29. The number of nitrogens with two attached hydrogens (primary N) is 1. The van der Waals surface area contributed by atoms with Gasteiger partial charge in [0.25, 0.3) is 10.0 Å². The standard InChI is InChI=1S/C12H11ClN2O2S3/c1-7-2-5-11(19-7)20(16,17)15-10-6-8(12(14)18)3-4-9(10)13/h2-6,15H,1H3,(H2,14,18). The molecule has 2 aromatic rings. The minimum Gasteiger partial charge on any atom is -0.389 e.